The van der Waals surface area contributed by atoms with Gasteiger partial charge in [-0.2, -0.15) is 17.0 Å². The first-order valence-electron chi connectivity index (χ1n) is 3.93. The number of hydrogen-bond donors (Lipinski definition) is 0. The molecule has 0 amide bonds. The third kappa shape index (κ3) is 2.60. The van der Waals surface area contributed by atoms with Crippen LogP contribution in [0.3, 0.4) is 0 Å². The summed E-state index contributed by atoms with van der Waals surface area (Å²) in [5.74, 6) is 2.13. The summed E-state index contributed by atoms with van der Waals surface area (Å²) < 4.78 is 0. The lowest BCUT2D eigenvalue weighted by atomic mass is 10.2. The molecule has 0 N–H and O–H groups in total. The Kier molecular flexibility index (Phi) is 3.69. The average Bonchev–Trinajstić information content (AvgIpc) is 2.15. The molecule has 0 atom stereocenters. The number of nitriles is 1. The Labute approximate surface area is 77.4 Å². The molecule has 1 rings (SSSR count). The van der Waals surface area contributed by atoms with Crippen molar-refractivity contribution in [1.29, 1.82) is 5.26 Å². The van der Waals surface area contributed by atoms with Gasteiger partial charge in [-0.05, 0) is 23.4 Å². The summed E-state index contributed by atoms with van der Waals surface area (Å²) in [7, 11) is 0. The summed E-state index contributed by atoms with van der Waals surface area (Å²) in [6, 6.07) is 9.91. The summed E-state index contributed by atoms with van der Waals surface area (Å²) in [6.45, 7) is 2.14. The molecule has 0 heterocycles. The molecule has 0 bridgehead atoms. The summed E-state index contributed by atoms with van der Waals surface area (Å²) in [6.07, 6.45) is 0. The molecule has 0 aliphatic carbocycles. The largest absolute Gasteiger partial charge is 0.192 e. The summed E-state index contributed by atoms with van der Waals surface area (Å²) in [5, 5.41) is 8.63. The van der Waals surface area contributed by atoms with E-state index in [-0.39, 0.29) is 0 Å². The number of hydrogen-bond acceptors (Lipinski definition) is 2. The first-order chi connectivity index (χ1) is 5.86. The Morgan fingerprint density at radius 1 is 1.50 bits per heavy atom. The molecular formula is C10H11NS. The van der Waals surface area contributed by atoms with Crippen LogP contribution in [0.4, 0.5) is 0 Å². The fourth-order valence-electron chi connectivity index (χ4n) is 0.951. The highest BCUT2D eigenvalue weighted by Gasteiger charge is 1.93. The van der Waals surface area contributed by atoms with Gasteiger partial charge in [0.2, 0.25) is 0 Å². The molecule has 2 heteroatoms. The van der Waals surface area contributed by atoms with E-state index in [2.05, 4.69) is 19.1 Å². The minimum Gasteiger partial charge on any atom is -0.192 e. The van der Waals surface area contributed by atoms with Crippen molar-refractivity contribution in [2.45, 2.75) is 12.7 Å². The average molecular weight is 177 g/mol. The quantitative estimate of drug-likeness (QED) is 0.709. The number of nitrogens with zero attached hydrogens (tertiary/aromatic N) is 1. The van der Waals surface area contributed by atoms with Crippen molar-refractivity contribution >= 4 is 11.8 Å². The predicted molar refractivity (Wildman–Crippen MR) is 53.0 cm³/mol. The van der Waals surface area contributed by atoms with Crippen LogP contribution in [-0.4, -0.2) is 5.75 Å². The van der Waals surface area contributed by atoms with E-state index in [1.807, 2.05) is 30.0 Å². The summed E-state index contributed by atoms with van der Waals surface area (Å²) >= 11 is 1.87. The third-order valence-corrected chi connectivity index (χ3v) is 2.47. The highest BCUT2D eigenvalue weighted by Crippen LogP contribution is 2.12. The van der Waals surface area contributed by atoms with Gasteiger partial charge in [-0.25, -0.2) is 0 Å². The summed E-state index contributed by atoms with van der Waals surface area (Å²) in [5.41, 5.74) is 1.99. The van der Waals surface area contributed by atoms with E-state index in [0.717, 1.165) is 17.1 Å². The van der Waals surface area contributed by atoms with Gasteiger partial charge < -0.3 is 0 Å². The molecule has 0 aliphatic heterocycles. The zero-order chi connectivity index (χ0) is 8.81. The van der Waals surface area contributed by atoms with Gasteiger partial charge in [0.15, 0.2) is 0 Å². The Bertz CT molecular complexity index is 288. The van der Waals surface area contributed by atoms with E-state index in [0.29, 0.717) is 0 Å². The maximum absolute atomic E-state index is 8.63. The highest BCUT2D eigenvalue weighted by molar-refractivity contribution is 7.98. The maximum atomic E-state index is 8.63. The Morgan fingerprint density at radius 3 is 3.00 bits per heavy atom. The zero-order valence-electron chi connectivity index (χ0n) is 7.08. The molecule has 1 nitrogen and oxygen atoms in total. The topological polar surface area (TPSA) is 23.8 Å². The predicted octanol–water partition coefficient (Wildman–Crippen LogP) is 2.81. The van der Waals surface area contributed by atoms with Gasteiger partial charge in [0.05, 0.1) is 11.6 Å². The normalized spacial score (nSPS) is 9.33. The molecule has 0 saturated carbocycles. The second kappa shape index (κ2) is 4.84. The molecule has 0 unspecified atom stereocenters. The van der Waals surface area contributed by atoms with Crippen molar-refractivity contribution in [3.8, 4) is 6.07 Å². The molecule has 0 fully saturated rings. The minimum absolute atomic E-state index is 0.754. The molecule has 0 aliphatic rings. The zero-order valence-corrected chi connectivity index (χ0v) is 7.90. The van der Waals surface area contributed by atoms with Crippen LogP contribution in [-0.2, 0) is 5.75 Å². The molecule has 12 heavy (non-hydrogen) atoms. The fraction of sp³-hybridized carbons (Fsp3) is 0.300. The summed E-state index contributed by atoms with van der Waals surface area (Å²) in [4.78, 5) is 0. The third-order valence-electron chi connectivity index (χ3n) is 1.53. The Morgan fingerprint density at radius 2 is 2.33 bits per heavy atom. The van der Waals surface area contributed by atoms with E-state index < -0.39 is 0 Å². The molecule has 0 saturated heterocycles. The Hall–Kier alpha value is -0.940. The molecule has 62 valence electrons. The van der Waals surface area contributed by atoms with Crippen LogP contribution >= 0.6 is 11.8 Å². The van der Waals surface area contributed by atoms with Crippen molar-refractivity contribution in [3.05, 3.63) is 35.4 Å². The van der Waals surface area contributed by atoms with Crippen LogP contribution in [0.15, 0.2) is 24.3 Å². The van der Waals surface area contributed by atoms with Crippen molar-refractivity contribution in [3.63, 3.8) is 0 Å². The van der Waals surface area contributed by atoms with Crippen LogP contribution in [0.1, 0.15) is 18.1 Å². The standard InChI is InChI=1S/C10H11NS/c1-2-12-8-10-5-3-4-9(6-10)7-11/h3-6H,2,8H2,1H3. The van der Waals surface area contributed by atoms with Crippen molar-refractivity contribution in [2.75, 3.05) is 5.75 Å². The second-order valence-electron chi connectivity index (χ2n) is 2.45. The number of thioether (sulfide) groups is 1. The highest BCUT2D eigenvalue weighted by atomic mass is 32.2. The lowest BCUT2D eigenvalue weighted by molar-refractivity contribution is 1.37. The SMILES string of the molecule is CCSCc1cccc(C#N)c1. The van der Waals surface area contributed by atoms with Gasteiger partial charge in [0, 0.05) is 5.75 Å². The molecule has 1 aromatic carbocycles. The van der Waals surface area contributed by atoms with E-state index >= 15 is 0 Å². The fourth-order valence-corrected chi connectivity index (χ4v) is 1.57. The maximum Gasteiger partial charge on any atom is 0.0991 e. The van der Waals surface area contributed by atoms with Crippen molar-refractivity contribution in [2.24, 2.45) is 0 Å². The lowest BCUT2D eigenvalue weighted by Gasteiger charge is -1.98. The van der Waals surface area contributed by atoms with Crippen LogP contribution in [0.2, 0.25) is 0 Å². The monoisotopic (exact) mass is 177 g/mol. The molecule has 1 aromatic rings. The molecule has 0 radical (unpaired) electrons. The van der Waals surface area contributed by atoms with Crippen molar-refractivity contribution in [1.82, 2.24) is 0 Å². The van der Waals surface area contributed by atoms with Gasteiger partial charge >= 0.3 is 0 Å². The molecule has 0 aromatic heterocycles. The van der Waals surface area contributed by atoms with E-state index in [4.69, 9.17) is 5.26 Å². The van der Waals surface area contributed by atoms with Gasteiger partial charge in [0.25, 0.3) is 0 Å². The molecule has 0 spiro atoms. The van der Waals surface area contributed by atoms with Gasteiger partial charge in [0.1, 0.15) is 0 Å². The van der Waals surface area contributed by atoms with Crippen molar-refractivity contribution < 1.29 is 0 Å². The number of rotatable bonds is 3. The molecular weight excluding hydrogens is 166 g/mol. The van der Waals surface area contributed by atoms with E-state index in [1.54, 1.807) is 0 Å². The minimum atomic E-state index is 0.754. The van der Waals surface area contributed by atoms with Gasteiger partial charge in [-0.1, -0.05) is 19.1 Å². The number of benzene rings is 1. The second-order valence-corrected chi connectivity index (χ2v) is 3.72. The van der Waals surface area contributed by atoms with E-state index in [1.165, 1.54) is 5.56 Å². The Balaban J connectivity index is 2.68. The van der Waals surface area contributed by atoms with Gasteiger partial charge in [-0.3, -0.25) is 0 Å². The first kappa shape index (κ1) is 9.15. The van der Waals surface area contributed by atoms with E-state index in [9.17, 15) is 0 Å². The van der Waals surface area contributed by atoms with Crippen LogP contribution in [0.5, 0.6) is 0 Å². The van der Waals surface area contributed by atoms with Crippen LogP contribution in [0.25, 0.3) is 0 Å². The first-order valence-corrected chi connectivity index (χ1v) is 5.09. The van der Waals surface area contributed by atoms with Crippen LogP contribution < -0.4 is 0 Å². The van der Waals surface area contributed by atoms with Crippen LogP contribution in [0, 0.1) is 11.3 Å². The van der Waals surface area contributed by atoms with Gasteiger partial charge in [-0.15, -0.1) is 0 Å². The smallest absolute Gasteiger partial charge is 0.0991 e. The lowest BCUT2D eigenvalue weighted by Crippen LogP contribution is -1.82.